The van der Waals surface area contributed by atoms with E-state index in [0.717, 1.165) is 0 Å². The van der Waals surface area contributed by atoms with Crippen molar-refractivity contribution in [3.05, 3.63) is 182 Å². The van der Waals surface area contributed by atoms with Crippen molar-refractivity contribution in [2.75, 3.05) is 6.26 Å². The standard InChI is InChI=1S/2C18H15S.CH3F3S/c2*1-4-10-16(11-5-1)19(17-12-6-2-7-13-17)18-14-8-3-9-15-18;1-5(2,3)4/h2*1-15H;1H3/q2*+1;-2. The predicted molar refractivity (Wildman–Crippen MR) is 180 cm³/mol. The van der Waals surface area contributed by atoms with E-state index in [9.17, 15) is 11.7 Å². The molecule has 6 aromatic rings. The summed E-state index contributed by atoms with van der Waals surface area (Å²) in [5.41, 5.74) is 0. The lowest BCUT2D eigenvalue weighted by Gasteiger charge is -2.37. The molecule has 6 heteroatoms. The minimum Gasteiger partial charge on any atom is -0.478 e. The van der Waals surface area contributed by atoms with E-state index in [4.69, 9.17) is 0 Å². The Morgan fingerprint density at radius 2 is 0.419 bits per heavy atom. The monoisotopic (exact) mass is 630 g/mol. The molecule has 0 aromatic heterocycles. The van der Waals surface area contributed by atoms with Crippen molar-refractivity contribution in [2.24, 2.45) is 0 Å². The Bertz CT molecular complexity index is 1270. The van der Waals surface area contributed by atoms with Crippen LogP contribution in [0.4, 0.5) is 11.7 Å². The van der Waals surface area contributed by atoms with Crippen molar-refractivity contribution in [2.45, 2.75) is 29.4 Å². The molecule has 0 saturated carbocycles. The van der Waals surface area contributed by atoms with E-state index in [1.54, 1.807) is 0 Å². The van der Waals surface area contributed by atoms with Crippen LogP contribution in [0.15, 0.2) is 211 Å². The zero-order chi connectivity index (χ0) is 30.3. The van der Waals surface area contributed by atoms with Gasteiger partial charge in [0, 0.05) is 0 Å². The minimum atomic E-state index is -4.67. The van der Waals surface area contributed by atoms with Crippen LogP contribution < -0.4 is 0 Å². The summed E-state index contributed by atoms with van der Waals surface area (Å²) in [5, 5.41) is 0. The first-order valence-corrected chi connectivity index (χ1v) is 17.8. The highest BCUT2D eigenvalue weighted by atomic mass is 32.3. The van der Waals surface area contributed by atoms with Gasteiger partial charge in [0.05, 0.1) is 21.8 Å². The minimum absolute atomic E-state index is 0.0146. The molecule has 0 atom stereocenters. The van der Waals surface area contributed by atoms with Crippen molar-refractivity contribution < 1.29 is 11.7 Å². The van der Waals surface area contributed by atoms with Crippen LogP contribution in [-0.2, 0) is 33.0 Å². The van der Waals surface area contributed by atoms with Crippen LogP contribution in [0.2, 0.25) is 0 Å². The highest BCUT2D eigenvalue weighted by molar-refractivity contribution is 7.99. The molecule has 0 heterocycles. The second-order valence-corrected chi connectivity index (χ2v) is 14.5. The summed E-state index contributed by atoms with van der Waals surface area (Å²) in [6, 6.07) is 64.3. The van der Waals surface area contributed by atoms with Crippen molar-refractivity contribution in [3.63, 3.8) is 0 Å². The lowest BCUT2D eigenvalue weighted by Crippen LogP contribution is -2.04. The SMILES string of the molecule is C[S-2](F)(F)F.c1ccc([S+](c2ccccc2)c2ccccc2)cc1.c1ccc([S+](c2ccccc2)c2ccccc2)cc1. The van der Waals surface area contributed by atoms with Gasteiger partial charge in [0.1, 0.15) is 0 Å². The molecule has 0 fully saturated rings. The number of hydrogen-bond acceptors (Lipinski definition) is 0. The summed E-state index contributed by atoms with van der Waals surface area (Å²) in [6.45, 7) is 0. The second kappa shape index (κ2) is 16.7. The molecule has 6 rings (SSSR count). The zero-order valence-electron chi connectivity index (χ0n) is 23.7. The van der Waals surface area contributed by atoms with Gasteiger partial charge in [-0.25, -0.2) is 0 Å². The normalized spacial score (nSPS) is 11.1. The first kappa shape index (κ1) is 32.1. The van der Waals surface area contributed by atoms with E-state index < -0.39 is 11.2 Å². The maximum Gasteiger partial charge on any atom is 0.166 e. The molecule has 0 spiro atoms. The molecule has 0 saturated heterocycles. The quantitative estimate of drug-likeness (QED) is 0.161. The Hall–Kier alpha value is -3.84. The summed E-state index contributed by atoms with van der Waals surface area (Å²) < 4.78 is 31.3. The Labute approximate surface area is 261 Å². The molecule has 0 bridgehead atoms. The molecular formula is C37H33F3S3. The van der Waals surface area contributed by atoms with Crippen LogP contribution in [0.3, 0.4) is 0 Å². The van der Waals surface area contributed by atoms with Gasteiger partial charge in [-0.2, -0.15) is 6.26 Å². The predicted octanol–water partition coefficient (Wildman–Crippen LogP) is 11.0. The third-order valence-electron chi connectivity index (χ3n) is 5.87. The van der Waals surface area contributed by atoms with E-state index in [-0.39, 0.29) is 28.0 Å². The Balaban J connectivity index is 0.000000171. The number of benzene rings is 6. The highest BCUT2D eigenvalue weighted by Gasteiger charge is 2.28. The van der Waals surface area contributed by atoms with Crippen molar-refractivity contribution >= 4 is 33.0 Å². The molecule has 220 valence electrons. The molecule has 43 heavy (non-hydrogen) atoms. The number of rotatable bonds is 6. The summed E-state index contributed by atoms with van der Waals surface area (Å²) in [7, 11) is -0.0293. The van der Waals surface area contributed by atoms with E-state index in [0.29, 0.717) is 0 Å². The van der Waals surface area contributed by atoms with Crippen LogP contribution in [0.5, 0.6) is 0 Å². The third-order valence-corrected chi connectivity index (χ3v) is 10.3. The largest absolute Gasteiger partial charge is 0.478 e. The van der Waals surface area contributed by atoms with E-state index in [1.807, 2.05) is 0 Å². The van der Waals surface area contributed by atoms with Gasteiger partial charge >= 0.3 is 0 Å². The highest BCUT2D eigenvalue weighted by Crippen LogP contribution is 2.31. The van der Waals surface area contributed by atoms with Crippen molar-refractivity contribution in [3.8, 4) is 0 Å². The molecule has 0 aliphatic rings. The summed E-state index contributed by atoms with van der Waals surface area (Å²) in [4.78, 5) is 8.17. The first-order chi connectivity index (χ1) is 20.9. The fraction of sp³-hybridized carbons (Fsp3) is 0.0270. The van der Waals surface area contributed by atoms with Gasteiger partial charge in [-0.1, -0.05) is 109 Å². The fourth-order valence-corrected chi connectivity index (χ4v) is 8.36. The Morgan fingerprint density at radius 1 is 0.302 bits per heavy atom. The van der Waals surface area contributed by atoms with Gasteiger partial charge in [-0.3, -0.25) is 0 Å². The van der Waals surface area contributed by atoms with Gasteiger partial charge in [0.2, 0.25) is 0 Å². The summed E-state index contributed by atoms with van der Waals surface area (Å²) in [6.07, 6.45) is 0.271. The number of halogens is 3. The lowest BCUT2D eigenvalue weighted by molar-refractivity contribution is 0.631. The van der Waals surface area contributed by atoms with E-state index in [1.165, 1.54) is 29.4 Å². The first-order valence-electron chi connectivity index (χ1n) is 13.6. The molecule has 0 nitrogen and oxygen atoms in total. The van der Waals surface area contributed by atoms with Crippen LogP contribution in [0.25, 0.3) is 0 Å². The molecule has 0 unspecified atom stereocenters. The second-order valence-electron chi connectivity index (χ2n) is 9.13. The van der Waals surface area contributed by atoms with E-state index in [2.05, 4.69) is 182 Å². The van der Waals surface area contributed by atoms with Crippen LogP contribution in [-0.4, -0.2) is 6.26 Å². The average Bonchev–Trinajstić information content (AvgIpc) is 3.04. The third kappa shape index (κ3) is 10.7. The topological polar surface area (TPSA) is 0 Å². The smallest absolute Gasteiger partial charge is 0.166 e. The summed E-state index contributed by atoms with van der Waals surface area (Å²) >= 11 is -4.67. The maximum atomic E-state index is 10.4. The van der Waals surface area contributed by atoms with Crippen molar-refractivity contribution in [1.29, 1.82) is 0 Å². The van der Waals surface area contributed by atoms with E-state index >= 15 is 0 Å². The Morgan fingerprint density at radius 3 is 0.535 bits per heavy atom. The van der Waals surface area contributed by atoms with Gasteiger partial charge < -0.3 is 22.8 Å². The van der Waals surface area contributed by atoms with Crippen LogP contribution in [0.1, 0.15) is 0 Å². The number of hydrogen-bond donors (Lipinski definition) is 0. The summed E-state index contributed by atoms with van der Waals surface area (Å²) in [5.74, 6) is 0. The molecule has 6 aromatic carbocycles. The average molecular weight is 631 g/mol. The lowest BCUT2D eigenvalue weighted by atomic mass is 10.4. The van der Waals surface area contributed by atoms with Crippen molar-refractivity contribution in [1.82, 2.24) is 0 Å². The Kier molecular flexibility index (Phi) is 12.5. The van der Waals surface area contributed by atoms with Crippen LogP contribution >= 0.6 is 0 Å². The molecule has 0 aliphatic heterocycles. The molecule has 0 radical (unpaired) electrons. The molecule has 0 aliphatic carbocycles. The fourth-order valence-electron chi connectivity index (χ4n) is 4.16. The zero-order valence-corrected chi connectivity index (χ0v) is 26.1. The maximum absolute atomic E-state index is 10.4. The molecular weight excluding hydrogens is 598 g/mol. The van der Waals surface area contributed by atoms with Gasteiger partial charge in [0.15, 0.2) is 29.4 Å². The van der Waals surface area contributed by atoms with Gasteiger partial charge in [-0.05, 0) is 72.8 Å². The molecule has 0 N–H and O–H groups in total. The van der Waals surface area contributed by atoms with Crippen LogP contribution in [0, 0.1) is 0 Å². The van der Waals surface area contributed by atoms with Gasteiger partial charge in [-0.15, -0.1) is 0 Å². The molecule has 0 amide bonds. The van der Waals surface area contributed by atoms with Gasteiger partial charge in [0.25, 0.3) is 0 Å².